The van der Waals surface area contributed by atoms with E-state index in [1.807, 2.05) is 25.1 Å². The fourth-order valence-corrected chi connectivity index (χ4v) is 3.43. The molecule has 5 heteroatoms. The molecule has 1 aliphatic carbocycles. The summed E-state index contributed by atoms with van der Waals surface area (Å²) in [7, 11) is 1.63. The standard InChI is InChI=1S/C19H23NO4/c1-12-9-16(13(2)24-12)18(21)20-11-19(22)8-4-5-14-10-15(23-3)6-7-17(14)19/h6-7,9-10,22H,4-5,8,11H2,1-3H3,(H,20,21). The van der Waals surface area contributed by atoms with Gasteiger partial charge in [0.05, 0.1) is 19.2 Å². The molecule has 24 heavy (non-hydrogen) atoms. The van der Waals surface area contributed by atoms with Crippen molar-refractivity contribution >= 4 is 5.91 Å². The van der Waals surface area contributed by atoms with Crippen LogP contribution in [0, 0.1) is 13.8 Å². The third-order valence-corrected chi connectivity index (χ3v) is 4.68. The fraction of sp³-hybridized carbons (Fsp3) is 0.421. The van der Waals surface area contributed by atoms with Crippen molar-refractivity contribution in [1.29, 1.82) is 0 Å². The molecule has 5 nitrogen and oxygen atoms in total. The lowest BCUT2D eigenvalue weighted by Gasteiger charge is -2.34. The van der Waals surface area contributed by atoms with Gasteiger partial charge in [-0.2, -0.15) is 0 Å². The Bertz CT molecular complexity index is 765. The molecule has 0 fully saturated rings. The van der Waals surface area contributed by atoms with E-state index in [0.29, 0.717) is 23.5 Å². The predicted octanol–water partition coefficient (Wildman–Crippen LogP) is 2.86. The Morgan fingerprint density at radius 2 is 2.17 bits per heavy atom. The molecule has 0 saturated carbocycles. The van der Waals surface area contributed by atoms with Crippen molar-refractivity contribution in [3.05, 3.63) is 52.5 Å². The van der Waals surface area contributed by atoms with Crippen LogP contribution in [0.1, 0.15) is 45.8 Å². The molecule has 1 heterocycles. The first-order valence-corrected chi connectivity index (χ1v) is 8.18. The summed E-state index contributed by atoms with van der Waals surface area (Å²) in [5.41, 5.74) is 1.41. The van der Waals surface area contributed by atoms with Gasteiger partial charge < -0.3 is 19.6 Å². The van der Waals surface area contributed by atoms with E-state index in [4.69, 9.17) is 9.15 Å². The number of methoxy groups -OCH3 is 1. The van der Waals surface area contributed by atoms with Gasteiger partial charge >= 0.3 is 0 Å². The molecule has 0 spiro atoms. The number of nitrogens with one attached hydrogen (secondary N) is 1. The molecule has 2 N–H and O–H groups in total. The Morgan fingerprint density at radius 1 is 1.38 bits per heavy atom. The third kappa shape index (κ3) is 3.04. The maximum atomic E-state index is 12.4. The number of aryl methyl sites for hydroxylation is 3. The lowest BCUT2D eigenvalue weighted by molar-refractivity contribution is 0.0188. The molecule has 3 rings (SSSR count). The van der Waals surface area contributed by atoms with Crippen molar-refractivity contribution in [1.82, 2.24) is 5.32 Å². The Kier molecular flexibility index (Phi) is 4.37. The van der Waals surface area contributed by atoms with E-state index in [9.17, 15) is 9.90 Å². The summed E-state index contributed by atoms with van der Waals surface area (Å²) in [6, 6.07) is 7.42. The molecule has 2 aromatic rings. The van der Waals surface area contributed by atoms with Crippen LogP contribution in [0.5, 0.6) is 5.75 Å². The van der Waals surface area contributed by atoms with Gasteiger partial charge in [0, 0.05) is 0 Å². The highest BCUT2D eigenvalue weighted by Gasteiger charge is 2.35. The Balaban J connectivity index is 1.78. The molecule has 1 aromatic carbocycles. The van der Waals surface area contributed by atoms with Gasteiger partial charge in [0.1, 0.15) is 22.9 Å². The van der Waals surface area contributed by atoms with Crippen LogP contribution >= 0.6 is 0 Å². The number of aliphatic hydroxyl groups is 1. The molecule has 0 radical (unpaired) electrons. The Labute approximate surface area is 141 Å². The van der Waals surface area contributed by atoms with E-state index < -0.39 is 5.60 Å². The van der Waals surface area contributed by atoms with Crippen LogP contribution in [-0.4, -0.2) is 24.7 Å². The van der Waals surface area contributed by atoms with Crippen molar-refractivity contribution in [2.45, 2.75) is 38.7 Å². The minimum absolute atomic E-state index is 0.175. The summed E-state index contributed by atoms with van der Waals surface area (Å²) in [5.74, 6) is 1.85. The highest BCUT2D eigenvalue weighted by molar-refractivity contribution is 5.95. The molecular formula is C19H23NO4. The molecule has 1 amide bonds. The second kappa shape index (κ2) is 6.32. The van der Waals surface area contributed by atoms with Crippen molar-refractivity contribution < 1.29 is 19.1 Å². The number of hydrogen-bond donors (Lipinski definition) is 2. The van der Waals surface area contributed by atoms with Gasteiger partial charge in [0.2, 0.25) is 0 Å². The zero-order valence-corrected chi connectivity index (χ0v) is 14.3. The summed E-state index contributed by atoms with van der Waals surface area (Å²) in [5, 5.41) is 13.9. The van der Waals surface area contributed by atoms with E-state index >= 15 is 0 Å². The molecule has 0 saturated heterocycles. The van der Waals surface area contributed by atoms with Crippen LogP contribution in [0.15, 0.2) is 28.7 Å². The van der Waals surface area contributed by atoms with E-state index in [1.54, 1.807) is 20.1 Å². The number of furan rings is 1. The summed E-state index contributed by atoms with van der Waals surface area (Å²) in [6.45, 7) is 3.75. The largest absolute Gasteiger partial charge is 0.497 e. The predicted molar refractivity (Wildman–Crippen MR) is 90.3 cm³/mol. The van der Waals surface area contributed by atoms with E-state index in [1.165, 1.54) is 0 Å². The molecule has 128 valence electrons. The highest BCUT2D eigenvalue weighted by atomic mass is 16.5. The first-order valence-electron chi connectivity index (χ1n) is 8.18. The number of benzene rings is 1. The van der Waals surface area contributed by atoms with Crippen LogP contribution in [0.3, 0.4) is 0 Å². The lowest BCUT2D eigenvalue weighted by atomic mass is 9.79. The number of carbonyl (C=O) groups is 1. The summed E-state index contributed by atoms with van der Waals surface area (Å²) in [4.78, 5) is 12.4. The molecular weight excluding hydrogens is 306 g/mol. The summed E-state index contributed by atoms with van der Waals surface area (Å²) < 4.78 is 10.7. The second-order valence-corrected chi connectivity index (χ2v) is 6.42. The maximum absolute atomic E-state index is 12.4. The molecule has 1 aliphatic rings. The first-order chi connectivity index (χ1) is 11.4. The fourth-order valence-electron chi connectivity index (χ4n) is 3.43. The number of fused-ring (bicyclic) bond motifs is 1. The number of hydrogen-bond acceptors (Lipinski definition) is 4. The lowest BCUT2D eigenvalue weighted by Crippen LogP contribution is -2.43. The molecule has 1 atom stereocenters. The van der Waals surface area contributed by atoms with E-state index in [-0.39, 0.29) is 12.5 Å². The van der Waals surface area contributed by atoms with Gasteiger partial charge in [-0.15, -0.1) is 0 Å². The van der Waals surface area contributed by atoms with Crippen molar-refractivity contribution in [3.63, 3.8) is 0 Å². The van der Waals surface area contributed by atoms with Crippen LogP contribution in [0.4, 0.5) is 0 Å². The minimum Gasteiger partial charge on any atom is -0.497 e. The monoisotopic (exact) mass is 329 g/mol. The zero-order chi connectivity index (χ0) is 17.3. The first kappa shape index (κ1) is 16.6. The maximum Gasteiger partial charge on any atom is 0.254 e. The summed E-state index contributed by atoms with van der Waals surface area (Å²) >= 11 is 0. The number of amides is 1. The van der Waals surface area contributed by atoms with Crippen molar-refractivity contribution in [3.8, 4) is 5.75 Å². The van der Waals surface area contributed by atoms with Crippen molar-refractivity contribution in [2.24, 2.45) is 0 Å². The normalized spacial score (nSPS) is 19.7. The second-order valence-electron chi connectivity index (χ2n) is 6.42. The van der Waals surface area contributed by atoms with E-state index in [2.05, 4.69) is 5.32 Å². The average Bonchev–Trinajstić information content (AvgIpc) is 2.91. The van der Waals surface area contributed by atoms with Crippen LogP contribution in [0.25, 0.3) is 0 Å². The Morgan fingerprint density at radius 3 is 2.83 bits per heavy atom. The SMILES string of the molecule is COc1ccc2c(c1)CCCC2(O)CNC(=O)c1cc(C)oc1C. The molecule has 0 bridgehead atoms. The molecule has 1 unspecified atom stereocenters. The van der Waals surface area contributed by atoms with Gasteiger partial charge in [-0.25, -0.2) is 0 Å². The summed E-state index contributed by atoms with van der Waals surface area (Å²) in [6.07, 6.45) is 2.40. The number of carbonyl (C=O) groups excluding carboxylic acids is 1. The van der Waals surface area contributed by atoms with Gasteiger partial charge in [0.25, 0.3) is 5.91 Å². The van der Waals surface area contributed by atoms with Crippen LogP contribution in [-0.2, 0) is 12.0 Å². The van der Waals surface area contributed by atoms with Crippen LogP contribution < -0.4 is 10.1 Å². The molecule has 1 aromatic heterocycles. The highest BCUT2D eigenvalue weighted by Crippen LogP contribution is 2.36. The quantitative estimate of drug-likeness (QED) is 0.905. The number of rotatable bonds is 4. The molecule has 0 aliphatic heterocycles. The smallest absolute Gasteiger partial charge is 0.254 e. The minimum atomic E-state index is -1.05. The van der Waals surface area contributed by atoms with Gasteiger partial charge in [-0.1, -0.05) is 6.07 Å². The Hall–Kier alpha value is -2.27. The van der Waals surface area contributed by atoms with Gasteiger partial charge in [0.15, 0.2) is 0 Å². The number of ether oxygens (including phenoxy) is 1. The van der Waals surface area contributed by atoms with Crippen LogP contribution in [0.2, 0.25) is 0 Å². The third-order valence-electron chi connectivity index (χ3n) is 4.68. The van der Waals surface area contributed by atoms with E-state index in [0.717, 1.165) is 29.7 Å². The topological polar surface area (TPSA) is 71.7 Å². The van der Waals surface area contributed by atoms with Gasteiger partial charge in [-0.05, 0) is 62.4 Å². The average molecular weight is 329 g/mol. The van der Waals surface area contributed by atoms with Gasteiger partial charge in [-0.3, -0.25) is 4.79 Å². The van der Waals surface area contributed by atoms with Crippen molar-refractivity contribution in [2.75, 3.05) is 13.7 Å². The zero-order valence-electron chi connectivity index (χ0n) is 14.3.